The van der Waals surface area contributed by atoms with Gasteiger partial charge in [0.05, 0.1) is 10.0 Å². The first-order valence-electron chi connectivity index (χ1n) is 11.3. The Morgan fingerprint density at radius 2 is 0.933 bits per heavy atom. The second kappa shape index (κ2) is 10.3. The fourth-order valence-electron chi connectivity index (χ4n) is 4.99. The number of benzene rings is 2. The van der Waals surface area contributed by atoms with Crippen molar-refractivity contribution >= 4 is 23.2 Å². The molecular weight excluding hydrogens is 415 g/mol. The van der Waals surface area contributed by atoms with Gasteiger partial charge < -0.3 is 10.2 Å². The average molecular weight is 449 g/mol. The van der Waals surface area contributed by atoms with Gasteiger partial charge in [-0.15, -0.1) is 0 Å². The fourth-order valence-corrected chi connectivity index (χ4v) is 5.52. The second-order valence-corrected chi connectivity index (χ2v) is 9.83. The quantitative estimate of drug-likeness (QED) is 0.482. The SMILES string of the molecule is Cc1cc(C2(c3cc(C)c(O)c(Cl)c3)CCCCCCCCCCC2)cc(Cl)c1O. The Hall–Kier alpha value is -1.38. The highest BCUT2D eigenvalue weighted by atomic mass is 35.5. The van der Waals surface area contributed by atoms with Gasteiger partial charge in [-0.1, -0.05) is 93.1 Å². The van der Waals surface area contributed by atoms with Gasteiger partial charge >= 0.3 is 0 Å². The summed E-state index contributed by atoms with van der Waals surface area (Å²) in [4.78, 5) is 0. The summed E-state index contributed by atoms with van der Waals surface area (Å²) < 4.78 is 0. The lowest BCUT2D eigenvalue weighted by Crippen LogP contribution is -2.28. The zero-order valence-electron chi connectivity index (χ0n) is 18.2. The van der Waals surface area contributed by atoms with E-state index in [1.165, 1.54) is 44.9 Å². The van der Waals surface area contributed by atoms with Crippen LogP contribution in [0.25, 0.3) is 0 Å². The summed E-state index contributed by atoms with van der Waals surface area (Å²) >= 11 is 12.9. The van der Waals surface area contributed by atoms with Crippen LogP contribution in [0.1, 0.15) is 92.9 Å². The number of aromatic hydroxyl groups is 2. The summed E-state index contributed by atoms with van der Waals surface area (Å²) in [6.07, 6.45) is 13.3. The lowest BCUT2D eigenvalue weighted by molar-refractivity contribution is 0.381. The zero-order chi connectivity index (χ0) is 21.7. The minimum atomic E-state index is -0.233. The Balaban J connectivity index is 2.15. The third kappa shape index (κ3) is 5.08. The van der Waals surface area contributed by atoms with E-state index in [0.29, 0.717) is 10.0 Å². The largest absolute Gasteiger partial charge is 0.506 e. The van der Waals surface area contributed by atoms with Gasteiger partial charge in [0.15, 0.2) is 0 Å². The van der Waals surface area contributed by atoms with E-state index >= 15 is 0 Å². The van der Waals surface area contributed by atoms with Crippen LogP contribution in [0.15, 0.2) is 24.3 Å². The van der Waals surface area contributed by atoms with Crippen LogP contribution < -0.4 is 0 Å². The average Bonchev–Trinajstić information content (AvgIpc) is 2.70. The molecule has 2 N–H and O–H groups in total. The number of hydrogen-bond donors (Lipinski definition) is 2. The second-order valence-electron chi connectivity index (χ2n) is 9.01. The third-order valence-electron chi connectivity index (χ3n) is 6.82. The van der Waals surface area contributed by atoms with Crippen molar-refractivity contribution in [2.75, 3.05) is 0 Å². The Labute approximate surface area is 191 Å². The van der Waals surface area contributed by atoms with E-state index in [2.05, 4.69) is 12.1 Å². The fraction of sp³-hybridized carbons (Fsp3) is 0.538. The minimum absolute atomic E-state index is 0.156. The van der Waals surface area contributed by atoms with Gasteiger partial charge in [-0.2, -0.15) is 0 Å². The van der Waals surface area contributed by atoms with Crippen LogP contribution in [0.2, 0.25) is 10.0 Å². The first-order chi connectivity index (χ1) is 14.3. The molecule has 2 aromatic carbocycles. The Morgan fingerprint density at radius 3 is 1.27 bits per heavy atom. The molecule has 1 aliphatic rings. The van der Waals surface area contributed by atoms with Crippen molar-refractivity contribution in [3.8, 4) is 11.5 Å². The van der Waals surface area contributed by atoms with E-state index in [4.69, 9.17) is 23.2 Å². The van der Waals surface area contributed by atoms with Gasteiger partial charge in [-0.25, -0.2) is 0 Å². The molecule has 4 heteroatoms. The summed E-state index contributed by atoms with van der Waals surface area (Å²) in [6.45, 7) is 3.81. The lowest BCUT2D eigenvalue weighted by Gasteiger charge is -2.37. The highest BCUT2D eigenvalue weighted by Gasteiger charge is 2.35. The van der Waals surface area contributed by atoms with Crippen molar-refractivity contribution < 1.29 is 10.2 Å². The van der Waals surface area contributed by atoms with Crippen LogP contribution in [-0.4, -0.2) is 10.2 Å². The van der Waals surface area contributed by atoms with Crippen LogP contribution in [0.5, 0.6) is 11.5 Å². The normalized spacial score (nSPS) is 18.4. The van der Waals surface area contributed by atoms with E-state index in [9.17, 15) is 10.2 Å². The van der Waals surface area contributed by atoms with Crippen molar-refractivity contribution in [1.29, 1.82) is 0 Å². The Bertz CT molecular complexity index is 758. The highest BCUT2D eigenvalue weighted by molar-refractivity contribution is 6.32. The summed E-state index contributed by atoms with van der Waals surface area (Å²) in [7, 11) is 0. The molecule has 0 saturated heterocycles. The number of aryl methyl sites for hydroxylation is 2. The van der Waals surface area contributed by atoms with E-state index in [0.717, 1.165) is 47.9 Å². The van der Waals surface area contributed by atoms with Crippen LogP contribution in [0, 0.1) is 13.8 Å². The monoisotopic (exact) mass is 448 g/mol. The summed E-state index contributed by atoms with van der Waals surface area (Å²) in [6, 6.07) is 8.05. The maximum Gasteiger partial charge on any atom is 0.137 e. The molecule has 164 valence electrons. The van der Waals surface area contributed by atoms with Gasteiger partial charge in [-0.3, -0.25) is 0 Å². The predicted octanol–water partition coefficient (Wildman–Crippen LogP) is 8.61. The molecule has 0 bridgehead atoms. The van der Waals surface area contributed by atoms with Gasteiger partial charge in [0, 0.05) is 5.41 Å². The third-order valence-corrected chi connectivity index (χ3v) is 7.40. The van der Waals surface area contributed by atoms with Crippen LogP contribution in [-0.2, 0) is 5.41 Å². The number of rotatable bonds is 2. The zero-order valence-corrected chi connectivity index (χ0v) is 19.7. The molecule has 0 heterocycles. The molecule has 30 heavy (non-hydrogen) atoms. The summed E-state index contributed by atoms with van der Waals surface area (Å²) in [5, 5.41) is 21.3. The van der Waals surface area contributed by atoms with Crippen molar-refractivity contribution in [3.05, 3.63) is 56.6 Å². The van der Waals surface area contributed by atoms with Crippen molar-refractivity contribution in [2.24, 2.45) is 0 Å². The van der Waals surface area contributed by atoms with E-state index in [1.807, 2.05) is 26.0 Å². The summed E-state index contributed by atoms with van der Waals surface area (Å²) in [5.74, 6) is 0.312. The molecule has 0 amide bonds. The molecule has 0 unspecified atom stereocenters. The molecule has 2 aromatic rings. The van der Waals surface area contributed by atoms with Crippen LogP contribution >= 0.6 is 23.2 Å². The van der Waals surface area contributed by atoms with Crippen LogP contribution in [0.3, 0.4) is 0 Å². The van der Waals surface area contributed by atoms with Gasteiger partial charge in [0.25, 0.3) is 0 Å². The van der Waals surface area contributed by atoms with Crippen LogP contribution in [0.4, 0.5) is 0 Å². The molecule has 1 saturated carbocycles. The Morgan fingerprint density at radius 1 is 0.600 bits per heavy atom. The van der Waals surface area contributed by atoms with Gasteiger partial charge in [0.1, 0.15) is 11.5 Å². The van der Waals surface area contributed by atoms with Gasteiger partial charge in [-0.05, 0) is 61.1 Å². The molecule has 0 aliphatic heterocycles. The maximum absolute atomic E-state index is 10.3. The minimum Gasteiger partial charge on any atom is -0.506 e. The number of halogens is 2. The molecule has 2 nitrogen and oxygen atoms in total. The smallest absolute Gasteiger partial charge is 0.137 e. The number of phenolic OH excluding ortho intramolecular Hbond substituents is 2. The van der Waals surface area contributed by atoms with E-state index < -0.39 is 0 Å². The summed E-state index contributed by atoms with van der Waals surface area (Å²) in [5.41, 5.74) is 3.64. The number of phenols is 2. The standard InChI is InChI=1S/C26H34Cl2O2/c1-18-14-20(16-22(27)24(18)29)26(21-15-19(2)25(30)23(28)17-21)12-10-8-6-4-3-5-7-9-11-13-26/h14-17,29-30H,3-13H2,1-2H3. The molecule has 1 aliphatic carbocycles. The van der Waals surface area contributed by atoms with Crippen molar-refractivity contribution in [3.63, 3.8) is 0 Å². The predicted molar refractivity (Wildman–Crippen MR) is 127 cm³/mol. The van der Waals surface area contributed by atoms with Crippen molar-refractivity contribution in [1.82, 2.24) is 0 Å². The molecule has 0 spiro atoms. The van der Waals surface area contributed by atoms with Crippen molar-refractivity contribution in [2.45, 2.75) is 89.9 Å². The maximum atomic E-state index is 10.3. The van der Waals surface area contributed by atoms with E-state index in [-0.39, 0.29) is 16.9 Å². The topological polar surface area (TPSA) is 40.5 Å². The van der Waals surface area contributed by atoms with E-state index in [1.54, 1.807) is 0 Å². The number of hydrogen-bond acceptors (Lipinski definition) is 2. The molecule has 0 radical (unpaired) electrons. The molecule has 0 atom stereocenters. The first-order valence-corrected chi connectivity index (χ1v) is 12.1. The molecule has 3 rings (SSSR count). The lowest BCUT2D eigenvalue weighted by atomic mass is 9.67. The molecule has 0 aromatic heterocycles. The molecular formula is C26H34Cl2O2. The Kier molecular flexibility index (Phi) is 7.98. The van der Waals surface area contributed by atoms with Gasteiger partial charge in [0.2, 0.25) is 0 Å². The highest BCUT2D eigenvalue weighted by Crippen LogP contribution is 2.47. The first kappa shape index (κ1) is 23.3. The molecule has 1 fully saturated rings.